The summed E-state index contributed by atoms with van der Waals surface area (Å²) in [6, 6.07) is 25.5. The number of amides is 1. The molecule has 4 aromatic carbocycles. The van der Waals surface area contributed by atoms with Crippen LogP contribution in [0.25, 0.3) is 28.1 Å². The molecule has 0 unspecified atom stereocenters. The van der Waals surface area contributed by atoms with Crippen molar-refractivity contribution in [1.29, 1.82) is 0 Å². The summed E-state index contributed by atoms with van der Waals surface area (Å²) in [5, 5.41) is 7.72. The van der Waals surface area contributed by atoms with Crippen molar-refractivity contribution in [3.05, 3.63) is 108 Å². The second kappa shape index (κ2) is 12.0. The van der Waals surface area contributed by atoms with Crippen LogP contribution < -0.4 is 19.5 Å². The molecule has 8 nitrogen and oxygen atoms in total. The third-order valence-electron chi connectivity index (χ3n) is 6.52. The average molecular weight is 566 g/mol. The van der Waals surface area contributed by atoms with Gasteiger partial charge in [0.2, 0.25) is 5.88 Å². The van der Waals surface area contributed by atoms with E-state index in [0.29, 0.717) is 50.8 Å². The number of methoxy groups -OCH3 is 2. The molecule has 0 bridgehead atoms. The van der Waals surface area contributed by atoms with E-state index >= 15 is 0 Å². The number of hydrogen-bond acceptors (Lipinski definition) is 6. The van der Waals surface area contributed by atoms with Gasteiger partial charge in [-0.05, 0) is 79.2 Å². The molecule has 0 fully saturated rings. The van der Waals surface area contributed by atoms with Crippen LogP contribution >= 0.6 is 0 Å². The van der Waals surface area contributed by atoms with Gasteiger partial charge in [0.25, 0.3) is 5.91 Å². The molecule has 0 aliphatic carbocycles. The fraction of sp³-hybridized carbons (Fsp3) is 0.121. The fourth-order valence-corrected chi connectivity index (χ4v) is 4.55. The molecule has 212 valence electrons. The van der Waals surface area contributed by atoms with Crippen LogP contribution in [0.1, 0.15) is 22.8 Å². The van der Waals surface area contributed by atoms with Crippen molar-refractivity contribution >= 4 is 17.6 Å². The molecule has 0 spiro atoms. The van der Waals surface area contributed by atoms with E-state index in [1.807, 2.05) is 31.2 Å². The molecule has 0 atom stereocenters. The van der Waals surface area contributed by atoms with Gasteiger partial charge in [0, 0.05) is 23.7 Å². The number of carbonyl (C=O) groups excluding carboxylic acids is 2. The van der Waals surface area contributed by atoms with E-state index in [9.17, 15) is 14.0 Å². The Labute approximate surface area is 242 Å². The first-order valence-electron chi connectivity index (χ1n) is 13.1. The lowest BCUT2D eigenvalue weighted by atomic mass is 10.0. The number of anilines is 1. The van der Waals surface area contributed by atoms with E-state index in [2.05, 4.69) is 5.32 Å². The summed E-state index contributed by atoms with van der Waals surface area (Å²) in [6.45, 7) is 3.22. The summed E-state index contributed by atoms with van der Waals surface area (Å²) in [6.07, 6.45) is 0. The van der Waals surface area contributed by atoms with Crippen LogP contribution in [-0.2, 0) is 4.79 Å². The standard InChI is InChI=1S/C33H28FN3O5/c1-20-6-5-7-24(18-20)32(39)35-26-13-8-22(9-14-26)30-31(23-10-17-28(40-3)29(19-23)41-4)36-37(33(30)42-21(2)38)27-15-11-25(34)12-16-27/h5-19H,1-4H3,(H,35,39). The molecule has 1 N–H and O–H groups in total. The van der Waals surface area contributed by atoms with Gasteiger partial charge in [-0.2, -0.15) is 9.78 Å². The van der Waals surface area contributed by atoms with Crippen molar-refractivity contribution in [1.82, 2.24) is 9.78 Å². The van der Waals surface area contributed by atoms with E-state index in [1.54, 1.807) is 61.7 Å². The van der Waals surface area contributed by atoms with Gasteiger partial charge >= 0.3 is 5.97 Å². The predicted molar refractivity (Wildman–Crippen MR) is 158 cm³/mol. The van der Waals surface area contributed by atoms with Crippen LogP contribution in [0.2, 0.25) is 0 Å². The fourth-order valence-electron chi connectivity index (χ4n) is 4.55. The molecule has 0 aliphatic rings. The minimum Gasteiger partial charge on any atom is -0.493 e. The quantitative estimate of drug-likeness (QED) is 0.207. The van der Waals surface area contributed by atoms with Gasteiger partial charge in [-0.3, -0.25) is 9.59 Å². The number of nitrogens with zero attached hydrogens (tertiary/aromatic N) is 2. The molecule has 0 aliphatic heterocycles. The summed E-state index contributed by atoms with van der Waals surface area (Å²) in [5.74, 6) is -0.0307. The summed E-state index contributed by atoms with van der Waals surface area (Å²) in [5.41, 5.74) is 4.92. The zero-order valence-electron chi connectivity index (χ0n) is 23.5. The van der Waals surface area contributed by atoms with Gasteiger partial charge in [0.1, 0.15) is 11.5 Å². The summed E-state index contributed by atoms with van der Waals surface area (Å²) in [4.78, 5) is 25.1. The van der Waals surface area contributed by atoms with Crippen LogP contribution in [-0.4, -0.2) is 35.9 Å². The maximum atomic E-state index is 13.8. The maximum absolute atomic E-state index is 13.8. The lowest BCUT2D eigenvalue weighted by Gasteiger charge is -2.11. The normalized spacial score (nSPS) is 10.7. The van der Waals surface area contributed by atoms with Crippen molar-refractivity contribution in [3.8, 4) is 45.5 Å². The van der Waals surface area contributed by atoms with Gasteiger partial charge in [-0.15, -0.1) is 0 Å². The molecular formula is C33H28FN3O5. The van der Waals surface area contributed by atoms with E-state index < -0.39 is 11.8 Å². The third kappa shape index (κ3) is 5.85. The minimum absolute atomic E-state index is 0.149. The van der Waals surface area contributed by atoms with Crippen molar-refractivity contribution in [2.24, 2.45) is 0 Å². The van der Waals surface area contributed by atoms with Crippen molar-refractivity contribution in [3.63, 3.8) is 0 Å². The van der Waals surface area contributed by atoms with Gasteiger partial charge in [-0.1, -0.05) is 29.8 Å². The first kappa shape index (κ1) is 28.1. The number of rotatable bonds is 8. The third-order valence-corrected chi connectivity index (χ3v) is 6.52. The Hall–Kier alpha value is -5.44. The number of ether oxygens (including phenoxy) is 3. The molecule has 5 rings (SSSR count). The highest BCUT2D eigenvalue weighted by Crippen LogP contribution is 2.43. The van der Waals surface area contributed by atoms with Gasteiger partial charge in [-0.25, -0.2) is 4.39 Å². The molecule has 1 heterocycles. The Morgan fingerprint density at radius 3 is 2.17 bits per heavy atom. The molecule has 0 saturated heterocycles. The molecule has 5 aromatic rings. The van der Waals surface area contributed by atoms with Crippen LogP contribution in [0, 0.1) is 12.7 Å². The summed E-state index contributed by atoms with van der Waals surface area (Å²) in [7, 11) is 3.08. The predicted octanol–water partition coefficient (Wildman–Crippen LogP) is 6.85. The Kier molecular flexibility index (Phi) is 8.01. The monoisotopic (exact) mass is 565 g/mol. The molecule has 9 heteroatoms. The highest BCUT2D eigenvalue weighted by atomic mass is 19.1. The van der Waals surface area contributed by atoms with Crippen LogP contribution in [0.3, 0.4) is 0 Å². The van der Waals surface area contributed by atoms with Crippen LogP contribution in [0.5, 0.6) is 17.4 Å². The molecule has 0 radical (unpaired) electrons. The van der Waals surface area contributed by atoms with Crippen molar-refractivity contribution < 1.29 is 28.2 Å². The van der Waals surface area contributed by atoms with E-state index in [1.165, 1.54) is 30.8 Å². The zero-order chi connectivity index (χ0) is 29.8. The highest BCUT2D eigenvalue weighted by molar-refractivity contribution is 6.04. The maximum Gasteiger partial charge on any atom is 0.309 e. The van der Waals surface area contributed by atoms with Gasteiger partial charge in [0.15, 0.2) is 11.5 Å². The van der Waals surface area contributed by atoms with Crippen LogP contribution in [0.15, 0.2) is 91.0 Å². The smallest absolute Gasteiger partial charge is 0.309 e. The summed E-state index contributed by atoms with van der Waals surface area (Å²) >= 11 is 0. The number of nitrogens with one attached hydrogen (secondary N) is 1. The second-order valence-electron chi connectivity index (χ2n) is 9.48. The van der Waals surface area contributed by atoms with Crippen LogP contribution in [0.4, 0.5) is 10.1 Å². The largest absolute Gasteiger partial charge is 0.493 e. The number of halogens is 1. The number of aryl methyl sites for hydroxylation is 1. The van der Waals surface area contributed by atoms with Crippen molar-refractivity contribution in [2.45, 2.75) is 13.8 Å². The number of carbonyl (C=O) groups is 2. The molecule has 1 aromatic heterocycles. The number of aromatic nitrogens is 2. The summed E-state index contributed by atoms with van der Waals surface area (Å²) < 4.78 is 31.9. The van der Waals surface area contributed by atoms with E-state index in [4.69, 9.17) is 19.3 Å². The lowest BCUT2D eigenvalue weighted by Crippen LogP contribution is -2.11. The van der Waals surface area contributed by atoms with Gasteiger partial charge in [0.05, 0.1) is 25.5 Å². The first-order chi connectivity index (χ1) is 20.3. The SMILES string of the molecule is COc1ccc(-c2nn(-c3ccc(F)cc3)c(OC(C)=O)c2-c2ccc(NC(=O)c3cccc(C)c3)cc2)cc1OC. The first-order valence-corrected chi connectivity index (χ1v) is 13.1. The number of hydrogen-bond donors (Lipinski definition) is 1. The number of esters is 1. The Morgan fingerprint density at radius 2 is 1.52 bits per heavy atom. The molecule has 42 heavy (non-hydrogen) atoms. The zero-order valence-corrected chi connectivity index (χ0v) is 23.5. The molecular weight excluding hydrogens is 537 g/mol. The topological polar surface area (TPSA) is 91.7 Å². The second-order valence-corrected chi connectivity index (χ2v) is 9.48. The molecule has 1 amide bonds. The highest BCUT2D eigenvalue weighted by Gasteiger charge is 2.25. The number of benzene rings is 4. The Balaban J connectivity index is 1.64. The average Bonchev–Trinajstić information content (AvgIpc) is 3.35. The minimum atomic E-state index is -0.555. The Morgan fingerprint density at radius 1 is 0.833 bits per heavy atom. The van der Waals surface area contributed by atoms with E-state index in [0.717, 1.165) is 5.56 Å². The lowest BCUT2D eigenvalue weighted by molar-refractivity contribution is -0.132. The molecule has 0 saturated carbocycles. The van der Waals surface area contributed by atoms with E-state index in [-0.39, 0.29) is 11.8 Å². The van der Waals surface area contributed by atoms with Crippen molar-refractivity contribution in [2.75, 3.05) is 19.5 Å². The van der Waals surface area contributed by atoms with Gasteiger partial charge < -0.3 is 19.5 Å². The Bertz CT molecular complexity index is 1760.